The largest absolute Gasteiger partial charge is 0.298 e. The average molecular weight is 259 g/mol. The van der Waals surface area contributed by atoms with E-state index < -0.39 is 0 Å². The van der Waals surface area contributed by atoms with Crippen LogP contribution in [0.5, 0.6) is 0 Å². The highest BCUT2D eigenvalue weighted by Crippen LogP contribution is 2.24. The SMILES string of the molecule is CC(C)N(CCCc1ccccc1)C1CCCCC1. The maximum Gasteiger partial charge on any atom is 0.00979 e. The Balaban J connectivity index is 1.80. The minimum absolute atomic E-state index is 0.693. The van der Waals surface area contributed by atoms with E-state index in [9.17, 15) is 0 Å². The molecule has 0 heterocycles. The molecular weight excluding hydrogens is 230 g/mol. The summed E-state index contributed by atoms with van der Waals surface area (Å²) in [5.74, 6) is 0. The average Bonchev–Trinajstić information content (AvgIpc) is 2.45. The highest BCUT2D eigenvalue weighted by molar-refractivity contribution is 5.14. The van der Waals surface area contributed by atoms with Gasteiger partial charge in [-0.25, -0.2) is 0 Å². The standard InChI is InChI=1S/C18H29N/c1-16(2)19(18-13-7-4-8-14-18)15-9-12-17-10-5-3-6-11-17/h3,5-6,10-11,16,18H,4,7-9,12-15H2,1-2H3. The lowest BCUT2D eigenvalue weighted by atomic mass is 9.93. The fourth-order valence-corrected chi connectivity index (χ4v) is 3.39. The van der Waals surface area contributed by atoms with Gasteiger partial charge in [0.25, 0.3) is 0 Å². The van der Waals surface area contributed by atoms with Crippen LogP contribution in [0.3, 0.4) is 0 Å². The van der Waals surface area contributed by atoms with E-state index >= 15 is 0 Å². The molecule has 1 saturated carbocycles. The fraction of sp³-hybridized carbons (Fsp3) is 0.667. The molecule has 1 aliphatic rings. The first-order valence-corrected chi connectivity index (χ1v) is 8.07. The van der Waals surface area contributed by atoms with Crippen LogP contribution in [0.25, 0.3) is 0 Å². The second-order valence-electron chi connectivity index (χ2n) is 6.21. The fourth-order valence-electron chi connectivity index (χ4n) is 3.39. The van der Waals surface area contributed by atoms with E-state index in [1.165, 1.54) is 57.1 Å². The van der Waals surface area contributed by atoms with Crippen LogP contribution >= 0.6 is 0 Å². The second kappa shape index (κ2) is 7.69. The summed E-state index contributed by atoms with van der Waals surface area (Å²) in [5.41, 5.74) is 1.48. The molecule has 1 aromatic rings. The lowest BCUT2D eigenvalue weighted by molar-refractivity contribution is 0.119. The molecule has 1 aromatic carbocycles. The zero-order valence-electron chi connectivity index (χ0n) is 12.6. The van der Waals surface area contributed by atoms with Crippen molar-refractivity contribution in [2.24, 2.45) is 0 Å². The zero-order chi connectivity index (χ0) is 13.5. The Labute approximate surface area is 119 Å². The van der Waals surface area contributed by atoms with Crippen molar-refractivity contribution in [2.75, 3.05) is 6.54 Å². The van der Waals surface area contributed by atoms with Gasteiger partial charge in [-0.15, -0.1) is 0 Å². The minimum Gasteiger partial charge on any atom is -0.298 e. The van der Waals surface area contributed by atoms with Crippen LogP contribution in [-0.2, 0) is 6.42 Å². The third-order valence-electron chi connectivity index (χ3n) is 4.43. The maximum absolute atomic E-state index is 2.75. The lowest BCUT2D eigenvalue weighted by Gasteiger charge is -2.37. The topological polar surface area (TPSA) is 3.24 Å². The number of aryl methyl sites for hydroxylation is 1. The van der Waals surface area contributed by atoms with Crippen molar-refractivity contribution in [3.63, 3.8) is 0 Å². The molecule has 0 spiro atoms. The lowest BCUT2D eigenvalue weighted by Crippen LogP contribution is -2.42. The molecule has 0 radical (unpaired) electrons. The maximum atomic E-state index is 2.75. The predicted octanol–water partition coefficient (Wildman–Crippen LogP) is 4.66. The Morgan fingerprint density at radius 3 is 2.37 bits per heavy atom. The normalized spacial score (nSPS) is 17.3. The molecule has 0 N–H and O–H groups in total. The summed E-state index contributed by atoms with van der Waals surface area (Å²) in [6, 6.07) is 12.4. The summed E-state index contributed by atoms with van der Waals surface area (Å²) in [6.07, 6.45) is 9.67. The van der Waals surface area contributed by atoms with E-state index in [0.717, 1.165) is 6.04 Å². The molecule has 1 heteroatoms. The van der Waals surface area contributed by atoms with E-state index in [1.54, 1.807) is 0 Å². The van der Waals surface area contributed by atoms with Gasteiger partial charge in [0, 0.05) is 12.1 Å². The van der Waals surface area contributed by atoms with Crippen molar-refractivity contribution in [3.8, 4) is 0 Å². The van der Waals surface area contributed by atoms with Gasteiger partial charge in [-0.2, -0.15) is 0 Å². The molecule has 0 aromatic heterocycles. The second-order valence-corrected chi connectivity index (χ2v) is 6.21. The molecule has 1 nitrogen and oxygen atoms in total. The molecule has 0 bridgehead atoms. The molecule has 0 amide bonds. The summed E-state index contributed by atoms with van der Waals surface area (Å²) in [4.78, 5) is 2.75. The van der Waals surface area contributed by atoms with Gasteiger partial charge in [0.2, 0.25) is 0 Å². The zero-order valence-corrected chi connectivity index (χ0v) is 12.6. The van der Waals surface area contributed by atoms with Crippen molar-refractivity contribution in [1.29, 1.82) is 0 Å². The molecule has 2 rings (SSSR count). The van der Waals surface area contributed by atoms with Gasteiger partial charge in [0.05, 0.1) is 0 Å². The molecule has 1 fully saturated rings. The van der Waals surface area contributed by atoms with Crippen LogP contribution in [0.1, 0.15) is 57.9 Å². The molecule has 106 valence electrons. The molecule has 19 heavy (non-hydrogen) atoms. The Kier molecular flexibility index (Phi) is 5.91. The van der Waals surface area contributed by atoms with Gasteiger partial charge in [-0.05, 0) is 51.6 Å². The Bertz CT molecular complexity index is 338. The number of rotatable bonds is 6. The first-order chi connectivity index (χ1) is 9.27. The first-order valence-electron chi connectivity index (χ1n) is 8.07. The van der Waals surface area contributed by atoms with E-state index in [2.05, 4.69) is 49.1 Å². The van der Waals surface area contributed by atoms with Crippen molar-refractivity contribution >= 4 is 0 Å². The third kappa shape index (κ3) is 4.65. The number of nitrogens with zero attached hydrogens (tertiary/aromatic N) is 1. The molecule has 0 aliphatic heterocycles. The Morgan fingerprint density at radius 1 is 1.05 bits per heavy atom. The van der Waals surface area contributed by atoms with Crippen LogP contribution in [0.15, 0.2) is 30.3 Å². The van der Waals surface area contributed by atoms with E-state index in [0.29, 0.717) is 6.04 Å². The number of benzene rings is 1. The van der Waals surface area contributed by atoms with Crippen LogP contribution in [0.4, 0.5) is 0 Å². The van der Waals surface area contributed by atoms with Gasteiger partial charge >= 0.3 is 0 Å². The van der Waals surface area contributed by atoms with Crippen molar-refractivity contribution in [3.05, 3.63) is 35.9 Å². The van der Waals surface area contributed by atoms with Gasteiger partial charge in [0.15, 0.2) is 0 Å². The van der Waals surface area contributed by atoms with Crippen molar-refractivity contribution in [1.82, 2.24) is 4.90 Å². The summed E-state index contributed by atoms with van der Waals surface area (Å²) in [7, 11) is 0. The van der Waals surface area contributed by atoms with Crippen LogP contribution in [0, 0.1) is 0 Å². The van der Waals surface area contributed by atoms with Crippen LogP contribution in [-0.4, -0.2) is 23.5 Å². The van der Waals surface area contributed by atoms with Crippen LogP contribution in [0.2, 0.25) is 0 Å². The quantitative estimate of drug-likeness (QED) is 0.718. The Morgan fingerprint density at radius 2 is 1.74 bits per heavy atom. The molecular formula is C18H29N. The van der Waals surface area contributed by atoms with E-state index in [1.807, 2.05) is 0 Å². The van der Waals surface area contributed by atoms with Crippen molar-refractivity contribution in [2.45, 2.75) is 70.9 Å². The van der Waals surface area contributed by atoms with Gasteiger partial charge < -0.3 is 0 Å². The summed E-state index contributed by atoms with van der Waals surface area (Å²) < 4.78 is 0. The summed E-state index contributed by atoms with van der Waals surface area (Å²) >= 11 is 0. The molecule has 0 atom stereocenters. The van der Waals surface area contributed by atoms with Crippen molar-refractivity contribution < 1.29 is 0 Å². The third-order valence-corrected chi connectivity index (χ3v) is 4.43. The van der Waals surface area contributed by atoms with E-state index in [-0.39, 0.29) is 0 Å². The molecule has 0 saturated heterocycles. The molecule has 0 unspecified atom stereocenters. The summed E-state index contributed by atoms with van der Waals surface area (Å²) in [6.45, 7) is 5.98. The highest BCUT2D eigenvalue weighted by Gasteiger charge is 2.22. The number of hydrogen-bond donors (Lipinski definition) is 0. The smallest absolute Gasteiger partial charge is 0.00979 e. The monoisotopic (exact) mass is 259 g/mol. The van der Waals surface area contributed by atoms with Crippen LogP contribution < -0.4 is 0 Å². The highest BCUT2D eigenvalue weighted by atomic mass is 15.2. The predicted molar refractivity (Wildman–Crippen MR) is 83.5 cm³/mol. The first kappa shape index (κ1) is 14.6. The molecule has 1 aliphatic carbocycles. The van der Waals surface area contributed by atoms with Gasteiger partial charge in [-0.3, -0.25) is 4.90 Å². The summed E-state index contributed by atoms with van der Waals surface area (Å²) in [5, 5.41) is 0. The minimum atomic E-state index is 0.693. The van der Waals surface area contributed by atoms with Gasteiger partial charge in [0.1, 0.15) is 0 Å². The number of hydrogen-bond acceptors (Lipinski definition) is 1. The van der Waals surface area contributed by atoms with Gasteiger partial charge in [-0.1, -0.05) is 49.6 Å². The Hall–Kier alpha value is -0.820. The van der Waals surface area contributed by atoms with E-state index in [4.69, 9.17) is 0 Å².